The fourth-order valence-electron chi connectivity index (χ4n) is 3.15. The van der Waals surface area contributed by atoms with Crippen molar-refractivity contribution >= 4 is 39.2 Å². The molecule has 1 aromatic carbocycles. The maximum atomic E-state index is 12.3. The highest BCUT2D eigenvalue weighted by molar-refractivity contribution is 7.99. The molecule has 1 aliphatic rings. The normalized spacial score (nSPS) is 17.9. The van der Waals surface area contributed by atoms with Gasteiger partial charge in [0.05, 0.1) is 22.8 Å². The van der Waals surface area contributed by atoms with Gasteiger partial charge in [-0.2, -0.15) is 0 Å². The molecule has 9 nitrogen and oxygen atoms in total. The van der Waals surface area contributed by atoms with Gasteiger partial charge in [0.2, 0.25) is 5.91 Å². The molecule has 2 aromatic rings. The van der Waals surface area contributed by atoms with E-state index in [1.807, 2.05) is 0 Å². The van der Waals surface area contributed by atoms with Crippen molar-refractivity contribution in [3.63, 3.8) is 0 Å². The highest BCUT2D eigenvalue weighted by Crippen LogP contribution is 2.24. The lowest BCUT2D eigenvalue weighted by atomic mass is 10.1. The standard InChI is InChI=1S/C18H22N4O5S2/c1-11-3-4-13(17(24)25)8-14(11)19-16(23)9-28-18-21-20-15(22(18)2)7-12-5-6-29(26,27)10-12/h3-4,8,12H,5-7,9-10H2,1-2H3,(H,19,23)(H,24,25). The van der Waals surface area contributed by atoms with Crippen LogP contribution in [0.5, 0.6) is 0 Å². The Morgan fingerprint density at radius 2 is 2.10 bits per heavy atom. The molecular weight excluding hydrogens is 416 g/mol. The number of sulfone groups is 1. The molecule has 0 aliphatic carbocycles. The van der Waals surface area contributed by atoms with Crippen molar-refractivity contribution in [2.75, 3.05) is 22.6 Å². The van der Waals surface area contributed by atoms with Gasteiger partial charge in [-0.25, -0.2) is 13.2 Å². The van der Waals surface area contributed by atoms with Crippen LogP contribution in [0.4, 0.5) is 5.69 Å². The zero-order valence-electron chi connectivity index (χ0n) is 16.1. The molecule has 156 valence electrons. The summed E-state index contributed by atoms with van der Waals surface area (Å²) in [5, 5.41) is 20.6. The second-order valence-corrected chi connectivity index (χ2v) is 10.3. The van der Waals surface area contributed by atoms with Crippen molar-refractivity contribution in [2.45, 2.75) is 24.9 Å². The lowest BCUT2D eigenvalue weighted by Crippen LogP contribution is -2.16. The molecular formula is C18H22N4O5S2. The Labute approximate surface area is 172 Å². The molecule has 1 saturated heterocycles. The Kier molecular flexibility index (Phi) is 6.27. The number of carbonyl (C=O) groups excluding carboxylic acids is 1. The number of hydrogen-bond acceptors (Lipinski definition) is 7. The fourth-order valence-corrected chi connectivity index (χ4v) is 5.74. The summed E-state index contributed by atoms with van der Waals surface area (Å²) in [6.45, 7) is 1.78. The average Bonchev–Trinajstić information content (AvgIpc) is 3.17. The predicted molar refractivity (Wildman–Crippen MR) is 109 cm³/mol. The van der Waals surface area contributed by atoms with Crippen molar-refractivity contribution in [1.82, 2.24) is 14.8 Å². The van der Waals surface area contributed by atoms with Crippen LogP contribution in [-0.4, -0.2) is 57.4 Å². The van der Waals surface area contributed by atoms with E-state index in [-0.39, 0.29) is 34.6 Å². The fraction of sp³-hybridized carbons (Fsp3) is 0.444. The number of nitrogens with zero attached hydrogens (tertiary/aromatic N) is 3. The lowest BCUT2D eigenvalue weighted by Gasteiger charge is -2.10. The van der Waals surface area contributed by atoms with Crippen LogP contribution in [0, 0.1) is 12.8 Å². The number of carbonyl (C=O) groups is 2. The number of hydrogen-bond donors (Lipinski definition) is 2. The number of benzene rings is 1. The van der Waals surface area contributed by atoms with Crippen LogP contribution >= 0.6 is 11.8 Å². The molecule has 1 atom stereocenters. The number of carboxylic acids is 1. The molecule has 11 heteroatoms. The molecule has 0 spiro atoms. The molecule has 1 aromatic heterocycles. The summed E-state index contributed by atoms with van der Waals surface area (Å²) < 4.78 is 25.0. The van der Waals surface area contributed by atoms with Crippen molar-refractivity contribution < 1.29 is 23.1 Å². The Hall–Kier alpha value is -2.40. The first-order valence-electron chi connectivity index (χ1n) is 9.00. The molecule has 1 aliphatic heterocycles. The van der Waals surface area contributed by atoms with Gasteiger partial charge in [0.15, 0.2) is 15.0 Å². The minimum absolute atomic E-state index is 0.0496. The number of thioether (sulfide) groups is 1. The first-order valence-corrected chi connectivity index (χ1v) is 11.8. The van der Waals surface area contributed by atoms with E-state index in [0.717, 1.165) is 5.56 Å². The number of anilines is 1. The molecule has 0 bridgehead atoms. The molecule has 2 heterocycles. The molecule has 0 radical (unpaired) electrons. The molecule has 1 unspecified atom stereocenters. The number of aromatic nitrogens is 3. The molecule has 29 heavy (non-hydrogen) atoms. The van der Waals surface area contributed by atoms with Crippen molar-refractivity contribution in [2.24, 2.45) is 13.0 Å². The van der Waals surface area contributed by atoms with Gasteiger partial charge in [-0.15, -0.1) is 10.2 Å². The van der Waals surface area contributed by atoms with Crippen LogP contribution in [0.1, 0.15) is 28.2 Å². The zero-order valence-corrected chi connectivity index (χ0v) is 17.7. The van der Waals surface area contributed by atoms with Gasteiger partial charge in [-0.3, -0.25) is 4.79 Å². The van der Waals surface area contributed by atoms with Crippen LogP contribution in [0.2, 0.25) is 0 Å². The van der Waals surface area contributed by atoms with E-state index in [1.165, 1.54) is 23.9 Å². The van der Waals surface area contributed by atoms with Crippen LogP contribution in [0.15, 0.2) is 23.4 Å². The Morgan fingerprint density at radius 3 is 2.76 bits per heavy atom. The van der Waals surface area contributed by atoms with Crippen molar-refractivity contribution in [3.8, 4) is 0 Å². The minimum atomic E-state index is -2.94. The van der Waals surface area contributed by atoms with E-state index >= 15 is 0 Å². The second-order valence-electron chi connectivity index (χ2n) is 7.10. The van der Waals surface area contributed by atoms with Crippen molar-refractivity contribution in [3.05, 3.63) is 35.2 Å². The Morgan fingerprint density at radius 1 is 1.34 bits per heavy atom. The van der Waals surface area contributed by atoms with Gasteiger partial charge in [-0.1, -0.05) is 17.8 Å². The third-order valence-electron chi connectivity index (χ3n) is 4.81. The first-order chi connectivity index (χ1) is 13.6. The summed E-state index contributed by atoms with van der Waals surface area (Å²) in [6, 6.07) is 4.55. The number of aryl methyl sites for hydroxylation is 1. The predicted octanol–water partition coefficient (Wildman–Crippen LogP) is 1.53. The van der Waals surface area contributed by atoms with Gasteiger partial charge < -0.3 is 15.0 Å². The third kappa shape index (κ3) is 5.36. The highest BCUT2D eigenvalue weighted by atomic mass is 32.2. The average molecular weight is 439 g/mol. The topological polar surface area (TPSA) is 131 Å². The van der Waals surface area contributed by atoms with E-state index in [2.05, 4.69) is 15.5 Å². The number of carboxylic acid groups (broad SMARTS) is 1. The molecule has 0 saturated carbocycles. The maximum Gasteiger partial charge on any atom is 0.335 e. The summed E-state index contributed by atoms with van der Waals surface area (Å²) in [5.74, 6) is -0.114. The molecule has 2 N–H and O–H groups in total. The summed E-state index contributed by atoms with van der Waals surface area (Å²) in [7, 11) is -1.15. The highest BCUT2D eigenvalue weighted by Gasteiger charge is 2.29. The second kappa shape index (κ2) is 8.54. The summed E-state index contributed by atoms with van der Waals surface area (Å²) >= 11 is 1.21. The smallest absolute Gasteiger partial charge is 0.335 e. The van der Waals surface area contributed by atoms with Crippen LogP contribution in [0.3, 0.4) is 0 Å². The zero-order chi connectivity index (χ0) is 21.2. The Bertz CT molecular complexity index is 1050. The van der Waals surface area contributed by atoms with Gasteiger partial charge in [0.1, 0.15) is 5.82 Å². The monoisotopic (exact) mass is 438 g/mol. The van der Waals surface area contributed by atoms with Gasteiger partial charge in [0.25, 0.3) is 0 Å². The van der Waals surface area contributed by atoms with Crippen LogP contribution in [0.25, 0.3) is 0 Å². The molecule has 1 fully saturated rings. The van der Waals surface area contributed by atoms with Gasteiger partial charge in [0, 0.05) is 19.2 Å². The van der Waals surface area contributed by atoms with E-state index in [0.29, 0.717) is 29.5 Å². The minimum Gasteiger partial charge on any atom is -0.478 e. The van der Waals surface area contributed by atoms with Gasteiger partial charge >= 0.3 is 5.97 Å². The molecule has 1 amide bonds. The number of nitrogens with one attached hydrogen (secondary N) is 1. The maximum absolute atomic E-state index is 12.3. The van der Waals surface area contributed by atoms with Crippen LogP contribution in [-0.2, 0) is 28.1 Å². The lowest BCUT2D eigenvalue weighted by molar-refractivity contribution is -0.113. The number of rotatable bonds is 7. The molecule has 3 rings (SSSR count). The quantitative estimate of drug-likeness (QED) is 0.622. The SMILES string of the molecule is Cc1ccc(C(=O)O)cc1NC(=O)CSc1nnc(CC2CCS(=O)(=O)C2)n1C. The number of aromatic carboxylic acids is 1. The third-order valence-corrected chi connectivity index (χ3v) is 7.67. The summed E-state index contributed by atoms with van der Waals surface area (Å²) in [5.41, 5.74) is 1.32. The van der Waals surface area contributed by atoms with E-state index in [4.69, 9.17) is 5.11 Å². The Balaban J connectivity index is 1.58. The van der Waals surface area contributed by atoms with Crippen LogP contribution < -0.4 is 5.32 Å². The van der Waals surface area contributed by atoms with E-state index in [9.17, 15) is 18.0 Å². The largest absolute Gasteiger partial charge is 0.478 e. The van der Waals surface area contributed by atoms with Gasteiger partial charge in [-0.05, 0) is 37.0 Å². The van der Waals surface area contributed by atoms with Crippen molar-refractivity contribution in [1.29, 1.82) is 0 Å². The summed E-state index contributed by atoms with van der Waals surface area (Å²) in [6.07, 6.45) is 1.17. The summed E-state index contributed by atoms with van der Waals surface area (Å²) in [4.78, 5) is 23.4. The first kappa shape index (κ1) is 21.3. The number of amides is 1. The van der Waals surface area contributed by atoms with E-state index in [1.54, 1.807) is 24.6 Å². The van der Waals surface area contributed by atoms with E-state index < -0.39 is 15.8 Å².